The van der Waals surface area contributed by atoms with Gasteiger partial charge in [0.25, 0.3) is 0 Å². The maximum absolute atomic E-state index is 6.49. The maximum Gasteiger partial charge on any atom is 0.137 e. The highest BCUT2D eigenvalue weighted by molar-refractivity contribution is 7.25. The number of para-hydroxylation sites is 5. The zero-order valence-electron chi connectivity index (χ0n) is 73.3. The van der Waals surface area contributed by atoms with Crippen molar-refractivity contribution in [3.05, 3.63) is 449 Å². The van der Waals surface area contributed by atoms with Gasteiger partial charge in [0.15, 0.2) is 0 Å². The first-order chi connectivity index (χ1) is 63.7. The Morgan fingerprint density at radius 1 is 0.192 bits per heavy atom. The second-order valence-corrected chi connectivity index (χ2v) is 47.5. The largest absolute Gasteiger partial charge is 0.456 e. The summed E-state index contributed by atoms with van der Waals surface area (Å²) in [6, 6.07) is 165. The quantitative estimate of drug-likeness (QED) is 0.0710. The third-order valence-electron chi connectivity index (χ3n) is 26.3. The summed E-state index contributed by atoms with van der Waals surface area (Å²) in [6.07, 6.45) is 0. The van der Waals surface area contributed by atoms with Gasteiger partial charge in [-0.15, -0.1) is 11.3 Å². The minimum Gasteiger partial charge on any atom is -0.456 e. The van der Waals surface area contributed by atoms with Crippen LogP contribution in [0.5, 0.6) is 0 Å². The Bertz CT molecular complexity index is 8470. The van der Waals surface area contributed by atoms with Crippen LogP contribution in [0.1, 0.15) is 0 Å². The predicted molar refractivity (Wildman–Crippen MR) is 569 cm³/mol. The predicted octanol–water partition coefficient (Wildman–Crippen LogP) is 35.2. The topological polar surface area (TPSA) is 26.1 Å². The summed E-state index contributed by atoms with van der Waals surface area (Å²) in [5, 5.41) is 27.6. The molecule has 24 rings (SSSR count). The average molecular weight is 1720 g/mol. The average Bonchev–Trinajstić information content (AvgIpc) is 0.895. The summed E-state index contributed by atoms with van der Waals surface area (Å²) in [7, 11) is -2.89. The van der Waals surface area contributed by atoms with Gasteiger partial charge in [0.05, 0.1) is 27.5 Å². The van der Waals surface area contributed by atoms with Crippen molar-refractivity contribution in [1.29, 1.82) is 0 Å². The molecule has 620 valence electrons. The Kier molecular flexibility index (Phi) is 19.8. The first kappa shape index (κ1) is 79.2. The number of hydrogen-bond donors (Lipinski definition) is 0. The third-order valence-corrected chi connectivity index (χ3v) is 31.6. The molecule has 5 nitrogen and oxygen atoms in total. The molecule has 0 fully saturated rings. The van der Waals surface area contributed by atoms with E-state index in [1.807, 2.05) is 23.5 Å². The molecule has 2 heterocycles. The van der Waals surface area contributed by atoms with Crippen LogP contribution in [0.4, 0.5) is 68.2 Å². The molecular formula is C122H92N4OSSi2. The van der Waals surface area contributed by atoms with Gasteiger partial charge in [0.2, 0.25) is 0 Å². The van der Waals surface area contributed by atoms with Crippen LogP contribution < -0.4 is 30.0 Å². The molecule has 130 heavy (non-hydrogen) atoms. The van der Waals surface area contributed by atoms with E-state index in [-0.39, 0.29) is 0 Å². The summed E-state index contributed by atoms with van der Waals surface area (Å²) < 4.78 is 9.10. The van der Waals surface area contributed by atoms with Gasteiger partial charge in [0, 0.05) is 105 Å². The van der Waals surface area contributed by atoms with Crippen LogP contribution in [0.25, 0.3) is 151 Å². The number of fused-ring (bicyclic) bond motifs is 22. The highest BCUT2D eigenvalue weighted by Gasteiger charge is 2.27. The number of hydrogen-bond acceptors (Lipinski definition) is 6. The molecular weight excluding hydrogens is 1630 g/mol. The summed E-state index contributed by atoms with van der Waals surface area (Å²) >= 11 is 1.86. The maximum atomic E-state index is 6.49. The van der Waals surface area contributed by atoms with Crippen molar-refractivity contribution in [2.45, 2.75) is 39.3 Å². The minimum atomic E-state index is -1.45. The van der Waals surface area contributed by atoms with Crippen molar-refractivity contribution >= 4 is 234 Å². The van der Waals surface area contributed by atoms with Gasteiger partial charge < -0.3 is 24.0 Å². The summed E-state index contributed by atoms with van der Waals surface area (Å²) in [5.41, 5.74) is 19.9. The second kappa shape index (κ2) is 32.5. The van der Waals surface area contributed by atoms with Crippen molar-refractivity contribution in [2.24, 2.45) is 0 Å². The summed E-state index contributed by atoms with van der Waals surface area (Å²) in [6.45, 7) is 14.4. The Labute approximate surface area is 763 Å². The van der Waals surface area contributed by atoms with Crippen molar-refractivity contribution in [1.82, 2.24) is 0 Å². The van der Waals surface area contributed by atoms with Crippen LogP contribution >= 0.6 is 11.3 Å². The van der Waals surface area contributed by atoms with E-state index in [1.54, 1.807) is 0 Å². The Morgan fingerprint density at radius 3 is 0.969 bits per heavy atom. The molecule has 0 saturated carbocycles. The second-order valence-electron chi connectivity index (χ2n) is 36.3. The van der Waals surface area contributed by atoms with Gasteiger partial charge in [-0.1, -0.05) is 341 Å². The monoisotopic (exact) mass is 1720 g/mol. The lowest BCUT2D eigenvalue weighted by molar-refractivity contribution is 0.669. The van der Waals surface area contributed by atoms with E-state index in [0.29, 0.717) is 0 Å². The molecule has 0 bridgehead atoms. The SMILES string of the molecule is C[Si](C)(C)c1ccc(N(c2ccccc2)c2ccc3c(ccc4c5ccc(N(c6ccc7c(c6)oc6ccccc67)c6ccccc6-c6ccccc6)cc5c5ccccc5c34)c2)cc1.C[Si](C)(C)c1ccc(N(c2ccccc2)c2ccc3c(ccc4c5ccc(N(c6ccc7sc8ccccc8c7c6)c6ccccc6-c6ccccc6)cc5c5ccccc5c34)c2)cc1. The van der Waals surface area contributed by atoms with Crippen LogP contribution in [-0.4, -0.2) is 16.1 Å². The van der Waals surface area contributed by atoms with E-state index >= 15 is 0 Å². The molecule has 2 aromatic heterocycles. The molecule has 0 aliphatic carbocycles. The fourth-order valence-electron chi connectivity index (χ4n) is 20.0. The lowest BCUT2D eigenvalue weighted by Gasteiger charge is -2.28. The molecule has 0 N–H and O–H groups in total. The molecule has 0 aliphatic heterocycles. The standard InChI is InChI=1S/C61H46N2OSi.C61H46N2SSi/c1-65(2,3)48-32-27-44(28-33-48)62(43-18-8-5-9-19-43)45-29-35-50-42(38-45)26-34-56-52-36-30-46(39-57(52)51-21-10-11-23-55(51)61(50)56)63(58-24-14-12-20-49(58)41-16-6-4-7-17-41)47-31-37-54-53-22-13-15-25-59(53)64-60(54)40-47;1-65(2,3)48-32-27-44(28-33-48)62(43-18-8-5-9-19-43)45-29-35-50-42(38-45)26-34-55-52-36-30-46(39-56(52)51-21-10-11-23-54(51)61(50)55)63(58-24-14-12-20-49(58)41-16-6-4-7-17-41)47-31-37-60-57(40-47)53-22-13-15-25-59(53)64-60/h2*4-40H,1-3H3. The minimum absolute atomic E-state index is 0.866. The fraction of sp³-hybridized carbons (Fsp3) is 0.0492. The fourth-order valence-corrected chi connectivity index (χ4v) is 23.4. The number of rotatable bonds is 16. The molecule has 0 radical (unpaired) electrons. The number of nitrogens with zero attached hydrogens (tertiary/aromatic N) is 4. The van der Waals surface area contributed by atoms with Crippen molar-refractivity contribution in [3.63, 3.8) is 0 Å². The van der Waals surface area contributed by atoms with Crippen molar-refractivity contribution < 1.29 is 4.42 Å². The molecule has 22 aromatic carbocycles. The lowest BCUT2D eigenvalue weighted by Crippen LogP contribution is -2.37. The number of furan rings is 1. The van der Waals surface area contributed by atoms with Gasteiger partial charge in [0.1, 0.15) is 11.2 Å². The Hall–Kier alpha value is -15.4. The number of anilines is 12. The van der Waals surface area contributed by atoms with Crippen LogP contribution in [0.2, 0.25) is 39.3 Å². The van der Waals surface area contributed by atoms with E-state index in [4.69, 9.17) is 4.42 Å². The van der Waals surface area contributed by atoms with Crippen LogP contribution in [0.3, 0.4) is 0 Å². The highest BCUT2D eigenvalue weighted by Crippen LogP contribution is 2.51. The van der Waals surface area contributed by atoms with E-state index < -0.39 is 16.1 Å². The first-order valence-corrected chi connectivity index (χ1v) is 52.8. The van der Waals surface area contributed by atoms with Crippen LogP contribution in [0, 0.1) is 0 Å². The van der Waals surface area contributed by atoms with Crippen molar-refractivity contribution in [2.75, 3.05) is 19.6 Å². The number of benzene rings is 22. The third kappa shape index (κ3) is 14.2. The van der Waals surface area contributed by atoms with Crippen molar-refractivity contribution in [3.8, 4) is 22.3 Å². The first-order valence-electron chi connectivity index (χ1n) is 45.0. The molecule has 24 aromatic rings. The number of thiophene rings is 1. The van der Waals surface area contributed by atoms with E-state index in [2.05, 4.69) is 496 Å². The molecule has 0 atom stereocenters. The van der Waals surface area contributed by atoms with Gasteiger partial charge in [-0.3, -0.25) is 0 Å². The summed E-state index contributed by atoms with van der Waals surface area (Å²) in [5.74, 6) is 0. The van der Waals surface area contributed by atoms with Gasteiger partial charge in [-0.25, -0.2) is 0 Å². The zero-order valence-corrected chi connectivity index (χ0v) is 76.1. The Balaban J connectivity index is 0.000000148. The van der Waals surface area contributed by atoms with Crippen LogP contribution in [-0.2, 0) is 0 Å². The smallest absolute Gasteiger partial charge is 0.137 e. The van der Waals surface area contributed by atoms with Crippen LogP contribution in [0.15, 0.2) is 453 Å². The van der Waals surface area contributed by atoms with Gasteiger partial charge in [-0.2, -0.15) is 0 Å². The molecule has 0 unspecified atom stereocenters. The molecule has 0 spiro atoms. The zero-order chi connectivity index (χ0) is 87.3. The van der Waals surface area contributed by atoms with Gasteiger partial charge in [-0.05, 0) is 249 Å². The van der Waals surface area contributed by atoms with Gasteiger partial charge >= 0.3 is 0 Å². The molecule has 0 amide bonds. The van der Waals surface area contributed by atoms with E-state index in [9.17, 15) is 0 Å². The Morgan fingerprint density at radius 2 is 0.500 bits per heavy atom. The van der Waals surface area contributed by atoms with E-state index in [1.165, 1.54) is 128 Å². The lowest BCUT2D eigenvalue weighted by atomic mass is 9.90. The molecule has 0 aliphatic rings. The highest BCUT2D eigenvalue weighted by atomic mass is 32.1. The molecule has 0 saturated heterocycles. The summed E-state index contributed by atoms with van der Waals surface area (Å²) in [4.78, 5) is 9.63. The molecule has 8 heteroatoms. The normalized spacial score (nSPS) is 11.9. The van der Waals surface area contributed by atoms with E-state index in [0.717, 1.165) is 101 Å².